The fourth-order valence-corrected chi connectivity index (χ4v) is 2.37. The van der Waals surface area contributed by atoms with Gasteiger partial charge in [-0.2, -0.15) is 0 Å². The number of hydrogen-bond donors (Lipinski definition) is 2. The van der Waals surface area contributed by atoms with Crippen molar-refractivity contribution in [2.24, 2.45) is 0 Å². The molecule has 0 spiro atoms. The fraction of sp³-hybridized carbons (Fsp3) is 0.188. The minimum absolute atomic E-state index is 0.0696. The zero-order valence-corrected chi connectivity index (χ0v) is 15.3. The summed E-state index contributed by atoms with van der Waals surface area (Å²) in [5.74, 6) is -0.422. The fourth-order valence-electron chi connectivity index (χ4n) is 2.05. The van der Waals surface area contributed by atoms with E-state index in [1.807, 2.05) is 13.0 Å². The van der Waals surface area contributed by atoms with Gasteiger partial charge in [0.1, 0.15) is 6.17 Å². The van der Waals surface area contributed by atoms with Crippen molar-refractivity contribution < 1.29 is 9.72 Å². The molecule has 2 N–H and O–H groups in total. The third-order valence-corrected chi connectivity index (χ3v) is 3.93. The van der Waals surface area contributed by atoms with Gasteiger partial charge in [-0.1, -0.05) is 52.5 Å². The zero-order chi connectivity index (χ0) is 18.6. The summed E-state index contributed by atoms with van der Waals surface area (Å²) < 4.78 is -1.85. The summed E-state index contributed by atoms with van der Waals surface area (Å²) >= 11 is 17.8. The Morgan fingerprint density at radius 3 is 2.32 bits per heavy atom. The average molecular weight is 403 g/mol. The number of alkyl halides is 3. The van der Waals surface area contributed by atoms with Gasteiger partial charge in [-0.25, -0.2) is 0 Å². The Morgan fingerprint density at radius 1 is 1.16 bits per heavy atom. The van der Waals surface area contributed by atoms with E-state index in [0.717, 1.165) is 5.56 Å². The molecule has 25 heavy (non-hydrogen) atoms. The van der Waals surface area contributed by atoms with E-state index in [1.54, 1.807) is 18.2 Å². The summed E-state index contributed by atoms with van der Waals surface area (Å²) in [5, 5.41) is 16.1. The molecule has 6 nitrogen and oxygen atoms in total. The maximum absolute atomic E-state index is 12.4. The van der Waals surface area contributed by atoms with Crippen LogP contribution in [-0.2, 0) is 0 Å². The molecule has 1 amide bonds. The van der Waals surface area contributed by atoms with Crippen molar-refractivity contribution in [1.29, 1.82) is 0 Å². The van der Waals surface area contributed by atoms with Crippen molar-refractivity contribution in [2.75, 3.05) is 5.32 Å². The van der Waals surface area contributed by atoms with Crippen LogP contribution >= 0.6 is 34.8 Å². The Labute approximate surface area is 159 Å². The number of rotatable bonds is 5. The summed E-state index contributed by atoms with van der Waals surface area (Å²) in [6.07, 6.45) is -1.05. The molecule has 2 aromatic carbocycles. The van der Waals surface area contributed by atoms with Crippen LogP contribution in [0.3, 0.4) is 0 Å². The van der Waals surface area contributed by atoms with E-state index >= 15 is 0 Å². The minimum atomic E-state index is -1.85. The first-order valence-corrected chi connectivity index (χ1v) is 8.25. The van der Waals surface area contributed by atoms with Gasteiger partial charge in [0, 0.05) is 23.4 Å². The van der Waals surface area contributed by atoms with Gasteiger partial charge in [-0.15, -0.1) is 0 Å². The smallest absolute Gasteiger partial charge is 0.269 e. The molecule has 0 aliphatic rings. The number of halogens is 3. The van der Waals surface area contributed by atoms with Gasteiger partial charge in [-0.05, 0) is 31.2 Å². The molecule has 0 aliphatic carbocycles. The molecule has 0 radical (unpaired) electrons. The Bertz CT molecular complexity index is 776. The number of nitrogens with zero attached hydrogens (tertiary/aromatic N) is 1. The van der Waals surface area contributed by atoms with Gasteiger partial charge in [0.2, 0.25) is 3.79 Å². The number of aryl methyl sites for hydroxylation is 1. The van der Waals surface area contributed by atoms with Gasteiger partial charge in [-0.3, -0.25) is 14.9 Å². The van der Waals surface area contributed by atoms with Gasteiger partial charge in [0.25, 0.3) is 11.6 Å². The Kier molecular flexibility index (Phi) is 6.11. The lowest BCUT2D eigenvalue weighted by molar-refractivity contribution is -0.384. The van der Waals surface area contributed by atoms with Crippen molar-refractivity contribution in [3.8, 4) is 0 Å². The van der Waals surface area contributed by atoms with E-state index in [0.29, 0.717) is 11.3 Å². The van der Waals surface area contributed by atoms with Crippen LogP contribution in [0.25, 0.3) is 0 Å². The molecule has 2 rings (SSSR count). The molecule has 0 saturated heterocycles. The van der Waals surface area contributed by atoms with Gasteiger partial charge in [0.05, 0.1) is 4.92 Å². The van der Waals surface area contributed by atoms with Crippen LogP contribution in [0.5, 0.6) is 0 Å². The molecule has 2 aromatic rings. The lowest BCUT2D eigenvalue weighted by Crippen LogP contribution is -2.49. The third kappa shape index (κ3) is 5.49. The number of carbonyl (C=O) groups is 1. The molecule has 0 saturated carbocycles. The third-order valence-electron chi connectivity index (χ3n) is 3.27. The van der Waals surface area contributed by atoms with Crippen LogP contribution in [0.15, 0.2) is 48.5 Å². The Morgan fingerprint density at radius 2 is 1.80 bits per heavy atom. The van der Waals surface area contributed by atoms with Crippen molar-refractivity contribution in [2.45, 2.75) is 16.9 Å². The van der Waals surface area contributed by atoms with E-state index < -0.39 is 20.8 Å². The second-order valence-electron chi connectivity index (χ2n) is 5.27. The van der Waals surface area contributed by atoms with E-state index in [2.05, 4.69) is 10.6 Å². The number of amides is 1. The maximum atomic E-state index is 12.4. The highest BCUT2D eigenvalue weighted by molar-refractivity contribution is 6.68. The molecular formula is C16H14Cl3N3O3. The second-order valence-corrected chi connectivity index (χ2v) is 7.63. The van der Waals surface area contributed by atoms with Crippen LogP contribution in [-0.4, -0.2) is 20.8 Å². The summed E-state index contributed by atoms with van der Waals surface area (Å²) in [6, 6.07) is 12.5. The van der Waals surface area contributed by atoms with Crippen LogP contribution in [0, 0.1) is 17.0 Å². The molecular weight excluding hydrogens is 389 g/mol. The Hall–Kier alpha value is -2.02. The molecule has 0 aliphatic heterocycles. The largest absolute Gasteiger partial charge is 0.362 e. The first-order chi connectivity index (χ1) is 11.7. The molecule has 0 bridgehead atoms. The molecule has 0 fully saturated rings. The van der Waals surface area contributed by atoms with Crippen molar-refractivity contribution in [1.82, 2.24) is 5.32 Å². The number of nitrogens with one attached hydrogen (secondary N) is 2. The molecule has 0 unspecified atom stereocenters. The number of benzene rings is 2. The molecule has 0 heterocycles. The monoisotopic (exact) mass is 401 g/mol. The highest BCUT2D eigenvalue weighted by Crippen LogP contribution is 2.31. The van der Waals surface area contributed by atoms with E-state index in [-0.39, 0.29) is 5.69 Å². The Balaban J connectivity index is 2.16. The lowest BCUT2D eigenvalue weighted by Gasteiger charge is -2.27. The maximum Gasteiger partial charge on any atom is 0.269 e. The topological polar surface area (TPSA) is 84.3 Å². The predicted octanol–water partition coefficient (Wildman–Crippen LogP) is 4.44. The van der Waals surface area contributed by atoms with Crippen LogP contribution < -0.4 is 10.6 Å². The summed E-state index contributed by atoms with van der Waals surface area (Å²) in [4.78, 5) is 22.5. The van der Waals surface area contributed by atoms with Crippen LogP contribution in [0.4, 0.5) is 11.4 Å². The number of non-ortho nitro benzene ring substituents is 1. The first-order valence-electron chi connectivity index (χ1n) is 7.12. The SMILES string of the molecule is Cc1cccc(C(=O)N[C@@H](Nc2ccc([N+](=O)[O-])cc2)C(Cl)(Cl)Cl)c1. The van der Waals surface area contributed by atoms with Crippen molar-refractivity contribution in [3.05, 3.63) is 69.8 Å². The molecule has 1 atom stereocenters. The summed E-state index contributed by atoms with van der Waals surface area (Å²) in [7, 11) is 0. The van der Waals surface area contributed by atoms with Gasteiger partial charge < -0.3 is 10.6 Å². The average Bonchev–Trinajstić information content (AvgIpc) is 2.53. The number of nitro benzene ring substituents is 1. The highest BCUT2D eigenvalue weighted by Gasteiger charge is 2.34. The van der Waals surface area contributed by atoms with Gasteiger partial charge in [0.15, 0.2) is 0 Å². The van der Waals surface area contributed by atoms with Crippen molar-refractivity contribution in [3.63, 3.8) is 0 Å². The van der Waals surface area contributed by atoms with E-state index in [9.17, 15) is 14.9 Å². The summed E-state index contributed by atoms with van der Waals surface area (Å²) in [5.41, 5.74) is 1.72. The molecule has 0 aromatic heterocycles. The predicted molar refractivity (Wildman–Crippen MR) is 99.4 cm³/mol. The van der Waals surface area contributed by atoms with E-state index in [4.69, 9.17) is 34.8 Å². The number of nitro groups is 1. The zero-order valence-electron chi connectivity index (χ0n) is 13.0. The van der Waals surface area contributed by atoms with E-state index in [1.165, 1.54) is 24.3 Å². The van der Waals surface area contributed by atoms with Gasteiger partial charge >= 0.3 is 0 Å². The number of anilines is 1. The summed E-state index contributed by atoms with van der Waals surface area (Å²) in [6.45, 7) is 1.86. The highest BCUT2D eigenvalue weighted by atomic mass is 35.6. The lowest BCUT2D eigenvalue weighted by atomic mass is 10.1. The normalized spacial score (nSPS) is 12.3. The van der Waals surface area contributed by atoms with Crippen LogP contribution in [0.1, 0.15) is 15.9 Å². The number of hydrogen-bond acceptors (Lipinski definition) is 4. The quantitative estimate of drug-likeness (QED) is 0.335. The first kappa shape index (κ1) is 19.3. The minimum Gasteiger partial charge on any atom is -0.362 e. The van der Waals surface area contributed by atoms with Crippen molar-refractivity contribution >= 4 is 52.1 Å². The number of carbonyl (C=O) groups excluding carboxylic acids is 1. The van der Waals surface area contributed by atoms with Crippen LogP contribution in [0.2, 0.25) is 0 Å². The molecule has 9 heteroatoms. The standard InChI is InChI=1S/C16H14Cl3N3O3/c1-10-3-2-4-11(9-10)14(23)21-15(16(17,18)19)20-12-5-7-13(8-6-12)22(24)25/h2-9,15,20H,1H3,(H,21,23)/t15-/m1/s1. The second kappa shape index (κ2) is 7.91. The molecule has 132 valence electrons.